The molecule has 3 heteroatoms. The third-order valence-electron chi connectivity index (χ3n) is 3.71. The molecule has 3 rings (SSSR count). The largest absolute Gasteiger partial charge is 0.240 e. The molecule has 0 N–H and O–H groups in total. The van der Waals surface area contributed by atoms with Gasteiger partial charge in [0.15, 0.2) is 0 Å². The number of aryl methyl sites for hydroxylation is 1. The Morgan fingerprint density at radius 2 is 1.94 bits per heavy atom. The Hall–Kier alpha value is -1.22. The average molecular weight is 303 g/mol. The molecule has 2 aromatic rings. The van der Waals surface area contributed by atoms with Crippen LogP contribution in [0.15, 0.2) is 36.5 Å². The molecule has 0 amide bonds. The molecule has 0 saturated heterocycles. The Balaban J connectivity index is 2.05. The summed E-state index contributed by atoms with van der Waals surface area (Å²) < 4.78 is 0. The number of halogens is 1. The van der Waals surface area contributed by atoms with Crippen LogP contribution in [0.25, 0.3) is 0 Å². The molecule has 0 aliphatic heterocycles. The van der Waals surface area contributed by atoms with Gasteiger partial charge in [0.1, 0.15) is 5.82 Å². The zero-order valence-corrected chi connectivity index (χ0v) is 11.9. The van der Waals surface area contributed by atoms with E-state index in [9.17, 15) is 0 Å². The highest BCUT2D eigenvalue weighted by molar-refractivity contribution is 9.08. The smallest absolute Gasteiger partial charge is 0.139 e. The van der Waals surface area contributed by atoms with Crippen LogP contribution in [0.3, 0.4) is 0 Å². The van der Waals surface area contributed by atoms with Crippen LogP contribution in [0.2, 0.25) is 0 Å². The van der Waals surface area contributed by atoms with Crippen LogP contribution in [0.4, 0.5) is 0 Å². The lowest BCUT2D eigenvalue weighted by molar-refractivity contribution is 0.742. The molecule has 0 spiro atoms. The van der Waals surface area contributed by atoms with Gasteiger partial charge in [-0.2, -0.15) is 0 Å². The minimum Gasteiger partial charge on any atom is -0.240 e. The zero-order chi connectivity index (χ0) is 12.6. The first-order valence-corrected chi connectivity index (χ1v) is 7.33. The third-order valence-corrected chi connectivity index (χ3v) is 4.24. The standard InChI is InChI=1S/C15H15BrN2/c1-11-10-17-14(18-13(11)9-16)15(7-8-15)12-5-3-2-4-6-12/h2-6,10H,7-9H2,1H3. The maximum atomic E-state index is 4.74. The van der Waals surface area contributed by atoms with Gasteiger partial charge in [0.2, 0.25) is 0 Å². The molecule has 0 bridgehead atoms. The van der Waals surface area contributed by atoms with Crippen molar-refractivity contribution in [1.82, 2.24) is 9.97 Å². The molecule has 1 aliphatic rings. The Labute approximate surface area is 116 Å². The lowest BCUT2D eigenvalue weighted by Crippen LogP contribution is -2.14. The van der Waals surface area contributed by atoms with E-state index in [4.69, 9.17) is 4.98 Å². The molecule has 0 atom stereocenters. The number of rotatable bonds is 3. The predicted molar refractivity (Wildman–Crippen MR) is 75.9 cm³/mol. The van der Waals surface area contributed by atoms with Crippen molar-refractivity contribution < 1.29 is 0 Å². The molecule has 0 unspecified atom stereocenters. The number of nitrogens with zero attached hydrogens (tertiary/aromatic N) is 2. The Morgan fingerprint density at radius 1 is 1.22 bits per heavy atom. The molecule has 92 valence electrons. The molecule has 1 fully saturated rings. The van der Waals surface area contributed by atoms with Crippen LogP contribution in [-0.2, 0) is 10.7 Å². The molecular formula is C15H15BrN2. The second-order valence-electron chi connectivity index (χ2n) is 4.91. The van der Waals surface area contributed by atoms with Crippen LogP contribution < -0.4 is 0 Å². The van der Waals surface area contributed by atoms with Crippen LogP contribution >= 0.6 is 15.9 Å². The number of alkyl halides is 1. The van der Waals surface area contributed by atoms with Gasteiger partial charge in [-0.15, -0.1) is 0 Å². The summed E-state index contributed by atoms with van der Waals surface area (Å²) in [6, 6.07) is 10.6. The van der Waals surface area contributed by atoms with E-state index in [-0.39, 0.29) is 5.41 Å². The quantitative estimate of drug-likeness (QED) is 0.807. The summed E-state index contributed by atoms with van der Waals surface area (Å²) in [5.74, 6) is 0.980. The van der Waals surface area contributed by atoms with Crippen LogP contribution in [0, 0.1) is 6.92 Å². The normalized spacial score (nSPS) is 16.6. The molecule has 1 aromatic carbocycles. The highest BCUT2D eigenvalue weighted by Crippen LogP contribution is 2.52. The van der Waals surface area contributed by atoms with Crippen molar-refractivity contribution in [2.75, 3.05) is 0 Å². The summed E-state index contributed by atoms with van der Waals surface area (Å²) in [6.45, 7) is 2.06. The van der Waals surface area contributed by atoms with Crippen molar-refractivity contribution in [1.29, 1.82) is 0 Å². The monoisotopic (exact) mass is 302 g/mol. The van der Waals surface area contributed by atoms with E-state index in [2.05, 4.69) is 58.2 Å². The fourth-order valence-electron chi connectivity index (χ4n) is 2.37. The van der Waals surface area contributed by atoms with Crippen molar-refractivity contribution >= 4 is 15.9 Å². The van der Waals surface area contributed by atoms with Gasteiger partial charge in [-0.25, -0.2) is 9.97 Å². The van der Waals surface area contributed by atoms with E-state index in [1.54, 1.807) is 0 Å². The molecular weight excluding hydrogens is 288 g/mol. The molecule has 1 heterocycles. The molecule has 0 radical (unpaired) electrons. The van der Waals surface area contributed by atoms with Crippen LogP contribution in [0.1, 0.15) is 35.5 Å². The molecule has 18 heavy (non-hydrogen) atoms. The van der Waals surface area contributed by atoms with E-state index < -0.39 is 0 Å². The summed E-state index contributed by atoms with van der Waals surface area (Å²) in [5, 5.41) is 0.791. The van der Waals surface area contributed by atoms with Gasteiger partial charge < -0.3 is 0 Å². The van der Waals surface area contributed by atoms with Gasteiger partial charge in [-0.05, 0) is 30.9 Å². The maximum Gasteiger partial charge on any atom is 0.139 e. The molecule has 2 nitrogen and oxygen atoms in total. The van der Waals surface area contributed by atoms with Gasteiger partial charge in [-0.1, -0.05) is 46.3 Å². The first-order chi connectivity index (χ1) is 8.76. The minimum atomic E-state index is 0.0753. The average Bonchev–Trinajstić information content (AvgIpc) is 3.22. The van der Waals surface area contributed by atoms with Crippen molar-refractivity contribution in [3.8, 4) is 0 Å². The molecule has 1 saturated carbocycles. The fraction of sp³-hybridized carbons (Fsp3) is 0.333. The lowest BCUT2D eigenvalue weighted by Gasteiger charge is -2.15. The van der Waals surface area contributed by atoms with E-state index in [0.717, 1.165) is 35.3 Å². The number of hydrogen-bond donors (Lipinski definition) is 0. The predicted octanol–water partition coefficient (Wildman–Crippen LogP) is 3.76. The topological polar surface area (TPSA) is 25.8 Å². The maximum absolute atomic E-state index is 4.74. The van der Waals surface area contributed by atoms with Crippen molar-refractivity contribution in [2.45, 2.75) is 30.5 Å². The number of aromatic nitrogens is 2. The Bertz CT molecular complexity index is 562. The van der Waals surface area contributed by atoms with E-state index >= 15 is 0 Å². The number of hydrogen-bond acceptors (Lipinski definition) is 2. The molecule has 1 aromatic heterocycles. The van der Waals surface area contributed by atoms with Crippen LogP contribution in [-0.4, -0.2) is 9.97 Å². The first-order valence-electron chi connectivity index (χ1n) is 6.21. The van der Waals surface area contributed by atoms with E-state index in [1.165, 1.54) is 5.56 Å². The first kappa shape index (κ1) is 11.8. The Kier molecular flexibility index (Phi) is 2.94. The second kappa shape index (κ2) is 4.47. The highest BCUT2D eigenvalue weighted by Gasteiger charge is 2.48. The van der Waals surface area contributed by atoms with Gasteiger partial charge in [0.25, 0.3) is 0 Å². The number of benzene rings is 1. The SMILES string of the molecule is Cc1cnc(C2(c3ccccc3)CC2)nc1CBr. The summed E-state index contributed by atoms with van der Waals surface area (Å²) >= 11 is 3.50. The Morgan fingerprint density at radius 3 is 2.56 bits per heavy atom. The van der Waals surface area contributed by atoms with Gasteiger partial charge in [0.05, 0.1) is 11.1 Å². The third kappa shape index (κ3) is 1.87. The summed E-state index contributed by atoms with van der Waals surface area (Å²) in [4.78, 5) is 9.31. The van der Waals surface area contributed by atoms with E-state index in [1.807, 2.05) is 6.20 Å². The zero-order valence-electron chi connectivity index (χ0n) is 10.4. The van der Waals surface area contributed by atoms with Gasteiger partial charge in [-0.3, -0.25) is 0 Å². The van der Waals surface area contributed by atoms with Gasteiger partial charge in [0, 0.05) is 11.5 Å². The summed E-state index contributed by atoms with van der Waals surface area (Å²) in [7, 11) is 0. The van der Waals surface area contributed by atoms with Crippen molar-refractivity contribution in [3.63, 3.8) is 0 Å². The van der Waals surface area contributed by atoms with Crippen molar-refractivity contribution in [3.05, 3.63) is 59.2 Å². The summed E-state index contributed by atoms with van der Waals surface area (Å²) in [5.41, 5.74) is 3.67. The fourth-order valence-corrected chi connectivity index (χ4v) is 2.93. The highest BCUT2D eigenvalue weighted by atomic mass is 79.9. The van der Waals surface area contributed by atoms with E-state index in [0.29, 0.717) is 0 Å². The van der Waals surface area contributed by atoms with Crippen molar-refractivity contribution in [2.24, 2.45) is 0 Å². The van der Waals surface area contributed by atoms with Crippen LogP contribution in [0.5, 0.6) is 0 Å². The minimum absolute atomic E-state index is 0.0753. The van der Waals surface area contributed by atoms with Gasteiger partial charge >= 0.3 is 0 Å². The summed E-state index contributed by atoms with van der Waals surface area (Å²) in [6.07, 6.45) is 4.26. The molecule has 1 aliphatic carbocycles. The lowest BCUT2D eigenvalue weighted by atomic mass is 9.95. The second-order valence-corrected chi connectivity index (χ2v) is 5.47.